The van der Waals surface area contributed by atoms with Gasteiger partial charge in [-0.05, 0) is 24.0 Å². The summed E-state index contributed by atoms with van der Waals surface area (Å²) in [7, 11) is 0. The van der Waals surface area contributed by atoms with Gasteiger partial charge in [-0.2, -0.15) is 0 Å². The highest BCUT2D eigenvalue weighted by Gasteiger charge is 2.21. The van der Waals surface area contributed by atoms with Crippen LogP contribution in [-0.4, -0.2) is 17.8 Å². The predicted octanol–water partition coefficient (Wildman–Crippen LogP) is 2.85. The van der Waals surface area contributed by atoms with Crippen molar-refractivity contribution in [2.45, 2.75) is 31.8 Å². The van der Waals surface area contributed by atoms with Gasteiger partial charge in [0.1, 0.15) is 0 Å². The highest BCUT2D eigenvalue weighted by molar-refractivity contribution is 5.24. The van der Waals surface area contributed by atoms with Crippen LogP contribution >= 0.6 is 0 Å². The van der Waals surface area contributed by atoms with Crippen LogP contribution in [0.1, 0.15) is 31.2 Å². The molecule has 0 spiro atoms. The standard InChI is InChI=1S/C14H18O2/c1-11(12-6-3-2-4-7-12)14(15)13-8-5-9-16-10-13/h2-4,6-7,10-11,14-15H,5,8-9H2,1H3. The van der Waals surface area contributed by atoms with Crippen LogP contribution < -0.4 is 0 Å². The number of ether oxygens (including phenoxy) is 1. The van der Waals surface area contributed by atoms with Gasteiger partial charge in [0.2, 0.25) is 0 Å². The lowest BCUT2D eigenvalue weighted by molar-refractivity contribution is 0.152. The van der Waals surface area contributed by atoms with Gasteiger partial charge < -0.3 is 9.84 Å². The Morgan fingerprint density at radius 2 is 2.00 bits per heavy atom. The third-order valence-corrected chi connectivity index (χ3v) is 3.14. The van der Waals surface area contributed by atoms with Crippen molar-refractivity contribution in [3.8, 4) is 0 Å². The second-order valence-electron chi connectivity index (χ2n) is 4.31. The number of aliphatic hydroxyl groups excluding tert-OH is 1. The molecule has 16 heavy (non-hydrogen) atoms. The van der Waals surface area contributed by atoms with Crippen LogP contribution in [0.25, 0.3) is 0 Å². The average molecular weight is 218 g/mol. The zero-order valence-corrected chi connectivity index (χ0v) is 9.60. The van der Waals surface area contributed by atoms with Crippen LogP contribution in [0, 0.1) is 0 Å². The van der Waals surface area contributed by atoms with Crippen molar-refractivity contribution >= 4 is 0 Å². The lowest BCUT2D eigenvalue weighted by Crippen LogP contribution is -2.21. The van der Waals surface area contributed by atoms with Gasteiger partial charge in [-0.15, -0.1) is 0 Å². The lowest BCUT2D eigenvalue weighted by atomic mass is 9.89. The molecule has 1 aliphatic rings. The van der Waals surface area contributed by atoms with Gasteiger partial charge in [-0.3, -0.25) is 0 Å². The first-order chi connectivity index (χ1) is 7.79. The third kappa shape index (κ3) is 2.45. The van der Waals surface area contributed by atoms with Gasteiger partial charge in [-0.1, -0.05) is 37.3 Å². The molecule has 0 radical (unpaired) electrons. The van der Waals surface area contributed by atoms with Crippen molar-refractivity contribution in [1.29, 1.82) is 0 Å². The summed E-state index contributed by atoms with van der Waals surface area (Å²) in [6.45, 7) is 2.82. The molecule has 2 rings (SSSR count). The molecule has 0 aromatic heterocycles. The Hall–Kier alpha value is -1.28. The van der Waals surface area contributed by atoms with E-state index >= 15 is 0 Å². The van der Waals surface area contributed by atoms with Gasteiger partial charge in [0.05, 0.1) is 19.0 Å². The first-order valence-corrected chi connectivity index (χ1v) is 5.82. The summed E-state index contributed by atoms with van der Waals surface area (Å²) in [6, 6.07) is 10.1. The number of hydrogen-bond acceptors (Lipinski definition) is 2. The Balaban J connectivity index is 2.09. The first-order valence-electron chi connectivity index (χ1n) is 5.82. The highest BCUT2D eigenvalue weighted by atomic mass is 16.5. The first kappa shape index (κ1) is 11.2. The van der Waals surface area contributed by atoms with E-state index in [2.05, 4.69) is 19.1 Å². The van der Waals surface area contributed by atoms with Crippen LogP contribution in [0.4, 0.5) is 0 Å². The molecule has 0 saturated heterocycles. The van der Waals surface area contributed by atoms with Gasteiger partial charge in [0.15, 0.2) is 0 Å². The van der Waals surface area contributed by atoms with E-state index in [-0.39, 0.29) is 5.92 Å². The van der Waals surface area contributed by atoms with Crippen LogP contribution in [0.2, 0.25) is 0 Å². The number of benzene rings is 1. The summed E-state index contributed by atoms with van der Waals surface area (Å²) in [5.74, 6) is 0.120. The van der Waals surface area contributed by atoms with Gasteiger partial charge >= 0.3 is 0 Å². The zero-order valence-electron chi connectivity index (χ0n) is 9.60. The SMILES string of the molecule is CC(c1ccccc1)C(O)C1=COCCC1. The quantitative estimate of drug-likeness (QED) is 0.845. The number of hydrogen-bond donors (Lipinski definition) is 1. The molecule has 1 N–H and O–H groups in total. The number of rotatable bonds is 3. The normalized spacial score (nSPS) is 19.5. The largest absolute Gasteiger partial charge is 0.501 e. The maximum absolute atomic E-state index is 10.2. The highest BCUT2D eigenvalue weighted by Crippen LogP contribution is 2.27. The Labute approximate surface area is 96.6 Å². The van der Waals surface area contributed by atoms with Gasteiger partial charge in [0, 0.05) is 5.92 Å². The van der Waals surface area contributed by atoms with E-state index in [0.29, 0.717) is 0 Å². The second-order valence-corrected chi connectivity index (χ2v) is 4.31. The predicted molar refractivity (Wildman–Crippen MR) is 64.1 cm³/mol. The Morgan fingerprint density at radius 3 is 2.62 bits per heavy atom. The summed E-state index contributed by atoms with van der Waals surface area (Å²) >= 11 is 0. The molecule has 2 heteroatoms. The summed E-state index contributed by atoms with van der Waals surface area (Å²) in [5, 5.41) is 10.2. The fourth-order valence-electron chi connectivity index (χ4n) is 2.06. The van der Waals surface area contributed by atoms with Crippen molar-refractivity contribution in [2.24, 2.45) is 0 Å². The molecule has 2 unspecified atom stereocenters. The Bertz CT molecular complexity index is 356. The Kier molecular flexibility index (Phi) is 3.62. The van der Waals surface area contributed by atoms with Crippen LogP contribution in [0.15, 0.2) is 42.2 Å². The third-order valence-electron chi connectivity index (χ3n) is 3.14. The fourth-order valence-corrected chi connectivity index (χ4v) is 2.06. The van der Waals surface area contributed by atoms with Gasteiger partial charge in [0.25, 0.3) is 0 Å². The van der Waals surface area contributed by atoms with E-state index in [0.717, 1.165) is 25.0 Å². The maximum atomic E-state index is 10.2. The van der Waals surface area contributed by atoms with Crippen LogP contribution in [0.3, 0.4) is 0 Å². The van der Waals surface area contributed by atoms with Crippen molar-refractivity contribution in [2.75, 3.05) is 6.61 Å². The maximum Gasteiger partial charge on any atom is 0.0876 e. The fraction of sp³-hybridized carbons (Fsp3) is 0.429. The monoisotopic (exact) mass is 218 g/mol. The topological polar surface area (TPSA) is 29.5 Å². The van der Waals surface area contributed by atoms with Crippen molar-refractivity contribution < 1.29 is 9.84 Å². The number of aliphatic hydroxyl groups is 1. The summed E-state index contributed by atoms with van der Waals surface area (Å²) in [5.41, 5.74) is 2.18. The minimum Gasteiger partial charge on any atom is -0.501 e. The van der Waals surface area contributed by atoms with E-state index in [1.807, 2.05) is 18.2 Å². The summed E-state index contributed by atoms with van der Waals surface area (Å²) in [4.78, 5) is 0. The summed E-state index contributed by atoms with van der Waals surface area (Å²) in [6.07, 6.45) is 3.25. The zero-order chi connectivity index (χ0) is 11.4. The molecule has 2 atom stereocenters. The van der Waals surface area contributed by atoms with Crippen molar-refractivity contribution in [3.05, 3.63) is 47.7 Å². The molecular formula is C14H18O2. The minimum absolute atomic E-state index is 0.120. The molecule has 0 fully saturated rings. The molecule has 1 aromatic rings. The van der Waals surface area contributed by atoms with Crippen molar-refractivity contribution in [3.63, 3.8) is 0 Å². The van der Waals surface area contributed by atoms with Crippen LogP contribution in [-0.2, 0) is 4.74 Å². The molecular weight excluding hydrogens is 200 g/mol. The molecule has 1 aromatic carbocycles. The smallest absolute Gasteiger partial charge is 0.0876 e. The molecule has 2 nitrogen and oxygen atoms in total. The molecule has 0 saturated carbocycles. The second kappa shape index (κ2) is 5.17. The van der Waals surface area contributed by atoms with Crippen molar-refractivity contribution in [1.82, 2.24) is 0 Å². The summed E-state index contributed by atoms with van der Waals surface area (Å²) < 4.78 is 5.27. The average Bonchev–Trinajstić information content (AvgIpc) is 2.39. The van der Waals surface area contributed by atoms with Gasteiger partial charge in [-0.25, -0.2) is 0 Å². The van der Waals surface area contributed by atoms with E-state index in [1.54, 1.807) is 6.26 Å². The Morgan fingerprint density at radius 1 is 1.25 bits per heavy atom. The molecule has 0 bridgehead atoms. The van der Waals surface area contributed by atoms with E-state index < -0.39 is 6.10 Å². The lowest BCUT2D eigenvalue weighted by Gasteiger charge is -2.24. The molecule has 1 heterocycles. The molecule has 0 amide bonds. The molecule has 0 aliphatic carbocycles. The minimum atomic E-state index is -0.428. The van der Waals surface area contributed by atoms with Crippen LogP contribution in [0.5, 0.6) is 0 Å². The van der Waals surface area contributed by atoms with E-state index in [4.69, 9.17) is 4.74 Å². The molecule has 1 aliphatic heterocycles. The molecule has 86 valence electrons. The van der Waals surface area contributed by atoms with E-state index in [1.165, 1.54) is 5.56 Å². The van der Waals surface area contributed by atoms with E-state index in [9.17, 15) is 5.11 Å².